The molecule has 6 atom stereocenters. The zero-order valence-electron chi connectivity index (χ0n) is 14.9. The smallest absolute Gasteiger partial charge is 0.169 e. The van der Waals surface area contributed by atoms with Crippen LogP contribution in [-0.4, -0.2) is 22.6 Å². The SMILES string of the molecule is CC12CCC3C(CCC4=CC(O)=CC(=O)[C@@]43C)C1CCC2CCO. The summed E-state index contributed by atoms with van der Waals surface area (Å²) >= 11 is 0. The fraction of sp³-hybridized carbons (Fsp3) is 0.762. The lowest BCUT2D eigenvalue weighted by Gasteiger charge is -2.57. The van der Waals surface area contributed by atoms with Gasteiger partial charge >= 0.3 is 0 Å². The van der Waals surface area contributed by atoms with Crippen LogP contribution >= 0.6 is 0 Å². The quantitative estimate of drug-likeness (QED) is 0.798. The molecule has 24 heavy (non-hydrogen) atoms. The van der Waals surface area contributed by atoms with Crippen molar-refractivity contribution in [3.63, 3.8) is 0 Å². The molecule has 0 bridgehead atoms. The van der Waals surface area contributed by atoms with E-state index in [9.17, 15) is 15.0 Å². The van der Waals surface area contributed by atoms with Crippen molar-refractivity contribution in [1.82, 2.24) is 0 Å². The van der Waals surface area contributed by atoms with Crippen LogP contribution in [-0.2, 0) is 4.79 Å². The summed E-state index contributed by atoms with van der Waals surface area (Å²) < 4.78 is 0. The number of aliphatic hydroxyl groups is 2. The number of aliphatic hydroxyl groups excluding tert-OH is 2. The topological polar surface area (TPSA) is 57.5 Å². The van der Waals surface area contributed by atoms with Crippen molar-refractivity contribution in [1.29, 1.82) is 0 Å². The molecular weight excluding hydrogens is 300 g/mol. The molecule has 0 aliphatic heterocycles. The van der Waals surface area contributed by atoms with Crippen molar-refractivity contribution in [3.05, 3.63) is 23.5 Å². The van der Waals surface area contributed by atoms with Gasteiger partial charge in [-0.2, -0.15) is 0 Å². The molecule has 3 nitrogen and oxygen atoms in total. The lowest BCUT2D eigenvalue weighted by atomic mass is 9.47. The van der Waals surface area contributed by atoms with E-state index in [1.54, 1.807) is 0 Å². The van der Waals surface area contributed by atoms with Gasteiger partial charge in [-0.3, -0.25) is 4.79 Å². The summed E-state index contributed by atoms with van der Waals surface area (Å²) in [7, 11) is 0. The molecule has 3 saturated carbocycles. The normalized spacial score (nSPS) is 47.4. The van der Waals surface area contributed by atoms with Gasteiger partial charge < -0.3 is 10.2 Å². The molecular formula is C21H30O3. The molecule has 0 aromatic heterocycles. The second kappa shape index (κ2) is 5.45. The van der Waals surface area contributed by atoms with E-state index >= 15 is 0 Å². The minimum atomic E-state index is -0.397. The molecule has 3 heteroatoms. The van der Waals surface area contributed by atoms with Gasteiger partial charge in [-0.25, -0.2) is 0 Å². The van der Waals surface area contributed by atoms with Crippen LogP contribution in [0.4, 0.5) is 0 Å². The number of rotatable bonds is 2. The van der Waals surface area contributed by atoms with E-state index in [0.29, 0.717) is 35.7 Å². The van der Waals surface area contributed by atoms with Crippen molar-refractivity contribution in [2.45, 2.75) is 58.8 Å². The van der Waals surface area contributed by atoms with E-state index < -0.39 is 5.41 Å². The Morgan fingerprint density at radius 2 is 1.92 bits per heavy atom. The number of carbonyl (C=O) groups excluding carboxylic acids is 1. The van der Waals surface area contributed by atoms with Crippen molar-refractivity contribution in [2.75, 3.05) is 6.61 Å². The van der Waals surface area contributed by atoms with Gasteiger partial charge in [0.25, 0.3) is 0 Å². The molecule has 0 radical (unpaired) electrons. The Bertz CT molecular complexity index is 619. The number of fused-ring (bicyclic) bond motifs is 5. The van der Waals surface area contributed by atoms with Crippen LogP contribution in [0.3, 0.4) is 0 Å². The molecule has 2 N–H and O–H groups in total. The Labute approximate surface area is 144 Å². The zero-order chi connectivity index (χ0) is 17.1. The average Bonchev–Trinajstić information content (AvgIpc) is 2.86. The third kappa shape index (κ3) is 2.03. The second-order valence-corrected chi connectivity index (χ2v) is 9.05. The van der Waals surface area contributed by atoms with E-state index in [4.69, 9.17) is 0 Å². The predicted octanol–water partition coefficient (Wildman–Crippen LogP) is 4.18. The van der Waals surface area contributed by atoms with Crippen LogP contribution < -0.4 is 0 Å². The number of ketones is 1. The molecule has 132 valence electrons. The molecule has 0 aromatic carbocycles. The minimum Gasteiger partial charge on any atom is -0.508 e. The van der Waals surface area contributed by atoms with E-state index in [0.717, 1.165) is 31.3 Å². The molecule has 4 rings (SSSR count). The largest absolute Gasteiger partial charge is 0.508 e. The molecule has 5 unspecified atom stereocenters. The molecule has 0 spiro atoms. The monoisotopic (exact) mass is 330 g/mol. The maximum absolute atomic E-state index is 12.8. The predicted molar refractivity (Wildman–Crippen MR) is 93.4 cm³/mol. The highest BCUT2D eigenvalue weighted by atomic mass is 16.3. The standard InChI is InChI=1S/C21H30O3/c1-20-9-7-18-16(17(20)6-4-13(20)8-10-22)5-3-14-11-15(23)12-19(24)21(14,18)2/h11-13,16-18,22-23H,3-10H2,1-2H3/t13?,16?,17?,18?,20?,21-/m0/s1. The van der Waals surface area contributed by atoms with Gasteiger partial charge in [-0.05, 0) is 87.0 Å². The van der Waals surface area contributed by atoms with Crippen LogP contribution in [0, 0.1) is 34.5 Å². The van der Waals surface area contributed by atoms with Crippen LogP contribution in [0.2, 0.25) is 0 Å². The van der Waals surface area contributed by atoms with Crippen LogP contribution in [0.15, 0.2) is 23.5 Å². The van der Waals surface area contributed by atoms with Gasteiger partial charge in [0.2, 0.25) is 0 Å². The Kier molecular flexibility index (Phi) is 3.72. The Morgan fingerprint density at radius 3 is 2.67 bits per heavy atom. The van der Waals surface area contributed by atoms with E-state index in [1.165, 1.54) is 25.3 Å². The Balaban J connectivity index is 1.67. The summed E-state index contributed by atoms with van der Waals surface area (Å²) in [5.74, 6) is 2.62. The van der Waals surface area contributed by atoms with Gasteiger partial charge in [-0.15, -0.1) is 0 Å². The summed E-state index contributed by atoms with van der Waals surface area (Å²) in [5, 5.41) is 19.3. The molecule has 0 aromatic rings. The Morgan fingerprint density at radius 1 is 1.12 bits per heavy atom. The summed E-state index contributed by atoms with van der Waals surface area (Å²) in [6, 6.07) is 0. The molecule has 3 fully saturated rings. The van der Waals surface area contributed by atoms with Gasteiger partial charge in [0.15, 0.2) is 5.78 Å². The first kappa shape index (κ1) is 16.4. The first-order valence-electron chi connectivity index (χ1n) is 9.68. The molecule has 4 aliphatic carbocycles. The molecule has 0 amide bonds. The van der Waals surface area contributed by atoms with E-state index in [1.807, 2.05) is 6.08 Å². The second-order valence-electron chi connectivity index (χ2n) is 9.05. The number of allylic oxidation sites excluding steroid dienone is 3. The van der Waals surface area contributed by atoms with Crippen LogP contribution in [0.25, 0.3) is 0 Å². The van der Waals surface area contributed by atoms with Gasteiger partial charge in [0.1, 0.15) is 5.76 Å². The lowest BCUT2D eigenvalue weighted by molar-refractivity contribution is -0.131. The molecule has 0 heterocycles. The number of carbonyl (C=O) groups is 1. The lowest BCUT2D eigenvalue weighted by Crippen LogP contribution is -2.52. The first-order chi connectivity index (χ1) is 11.4. The fourth-order valence-electron chi connectivity index (χ4n) is 7.03. The summed E-state index contributed by atoms with van der Waals surface area (Å²) in [6.07, 6.45) is 11.1. The van der Waals surface area contributed by atoms with Crippen molar-refractivity contribution >= 4 is 5.78 Å². The highest BCUT2D eigenvalue weighted by Crippen LogP contribution is 2.66. The van der Waals surface area contributed by atoms with E-state index in [2.05, 4.69) is 13.8 Å². The van der Waals surface area contributed by atoms with Gasteiger partial charge in [0.05, 0.1) is 5.41 Å². The van der Waals surface area contributed by atoms with Crippen molar-refractivity contribution < 1.29 is 15.0 Å². The molecule has 0 saturated heterocycles. The van der Waals surface area contributed by atoms with Crippen LogP contribution in [0.1, 0.15) is 58.8 Å². The summed E-state index contributed by atoms with van der Waals surface area (Å²) in [6.45, 7) is 4.88. The van der Waals surface area contributed by atoms with Crippen molar-refractivity contribution in [2.24, 2.45) is 34.5 Å². The molecule has 4 aliphatic rings. The van der Waals surface area contributed by atoms with Crippen molar-refractivity contribution in [3.8, 4) is 0 Å². The van der Waals surface area contributed by atoms with Gasteiger partial charge in [-0.1, -0.05) is 12.5 Å². The third-order valence-corrected chi connectivity index (χ3v) is 8.38. The van der Waals surface area contributed by atoms with E-state index in [-0.39, 0.29) is 11.5 Å². The highest BCUT2D eigenvalue weighted by Gasteiger charge is 2.60. The maximum Gasteiger partial charge on any atom is 0.169 e. The Hall–Kier alpha value is -1.09. The third-order valence-electron chi connectivity index (χ3n) is 8.38. The average molecular weight is 330 g/mol. The fourth-order valence-corrected chi connectivity index (χ4v) is 7.03. The highest BCUT2D eigenvalue weighted by molar-refractivity contribution is 5.99. The number of hydrogen-bond donors (Lipinski definition) is 2. The summed E-state index contributed by atoms with van der Waals surface area (Å²) in [5.41, 5.74) is 1.10. The maximum atomic E-state index is 12.8. The zero-order valence-corrected chi connectivity index (χ0v) is 14.9. The minimum absolute atomic E-state index is 0.112. The summed E-state index contributed by atoms with van der Waals surface area (Å²) in [4.78, 5) is 12.8. The number of hydrogen-bond acceptors (Lipinski definition) is 3. The van der Waals surface area contributed by atoms with Crippen LogP contribution in [0.5, 0.6) is 0 Å². The van der Waals surface area contributed by atoms with Gasteiger partial charge in [0, 0.05) is 12.7 Å². The first-order valence-corrected chi connectivity index (χ1v) is 9.68.